The van der Waals surface area contributed by atoms with E-state index in [9.17, 15) is 9.59 Å². The molecule has 32 heavy (non-hydrogen) atoms. The third-order valence-corrected chi connectivity index (χ3v) is 7.15. The number of rotatable bonds is 4. The molecule has 1 aromatic carbocycles. The summed E-state index contributed by atoms with van der Waals surface area (Å²) in [5.74, 6) is 0.273. The number of carbonyl (C=O) groups is 2. The lowest BCUT2D eigenvalue weighted by Crippen LogP contribution is -2.48. The third kappa shape index (κ3) is 6.96. The molecule has 3 rings (SSSR count). The second-order valence-corrected chi connectivity index (χ2v) is 10.7. The van der Waals surface area contributed by atoms with Crippen LogP contribution in [-0.4, -0.2) is 66.6 Å². The first kappa shape index (κ1) is 24.6. The SMILES string of the molecule is CN1CCOc2ccccc2CCCCC2(CCN(C(=O)CC(C)(C)CC(=O)O)CC2)C1. The molecule has 2 aliphatic heterocycles. The van der Waals surface area contributed by atoms with Crippen molar-refractivity contribution in [1.82, 2.24) is 9.80 Å². The summed E-state index contributed by atoms with van der Waals surface area (Å²) in [6.07, 6.45) is 6.91. The summed E-state index contributed by atoms with van der Waals surface area (Å²) < 4.78 is 6.09. The van der Waals surface area contributed by atoms with E-state index in [0.29, 0.717) is 13.0 Å². The van der Waals surface area contributed by atoms with Gasteiger partial charge >= 0.3 is 5.97 Å². The van der Waals surface area contributed by atoms with Crippen LogP contribution in [0.15, 0.2) is 24.3 Å². The number of carboxylic acids is 1. The van der Waals surface area contributed by atoms with Gasteiger partial charge in [0.15, 0.2) is 0 Å². The first-order valence-electron chi connectivity index (χ1n) is 12.1. The Hall–Kier alpha value is -2.08. The molecule has 0 aliphatic carbocycles. The second-order valence-electron chi connectivity index (χ2n) is 10.7. The molecule has 2 heterocycles. The molecule has 1 saturated heterocycles. The van der Waals surface area contributed by atoms with E-state index in [2.05, 4.69) is 30.1 Å². The van der Waals surface area contributed by atoms with Gasteiger partial charge in [-0.25, -0.2) is 0 Å². The van der Waals surface area contributed by atoms with Crippen molar-refractivity contribution < 1.29 is 19.4 Å². The average molecular weight is 445 g/mol. The number of para-hydroxylation sites is 1. The van der Waals surface area contributed by atoms with Crippen molar-refractivity contribution in [2.45, 2.75) is 65.2 Å². The highest BCUT2D eigenvalue weighted by atomic mass is 16.5. The zero-order chi connectivity index (χ0) is 23.2. The minimum Gasteiger partial charge on any atom is -0.492 e. The molecule has 2 aliphatic rings. The maximum atomic E-state index is 12.9. The van der Waals surface area contributed by atoms with Crippen molar-refractivity contribution in [3.63, 3.8) is 0 Å². The Bertz CT molecular complexity index is 784. The highest BCUT2D eigenvalue weighted by Gasteiger charge is 2.37. The van der Waals surface area contributed by atoms with E-state index in [4.69, 9.17) is 9.84 Å². The van der Waals surface area contributed by atoms with E-state index in [-0.39, 0.29) is 17.7 Å². The van der Waals surface area contributed by atoms with E-state index in [0.717, 1.165) is 57.6 Å². The summed E-state index contributed by atoms with van der Waals surface area (Å²) >= 11 is 0. The Morgan fingerprint density at radius 2 is 1.78 bits per heavy atom. The Morgan fingerprint density at radius 1 is 1.06 bits per heavy atom. The number of nitrogens with zero attached hydrogens (tertiary/aromatic N) is 2. The molecule has 0 bridgehead atoms. The number of likely N-dealkylation sites (N-methyl/N-ethyl adjacent to an activating group) is 1. The van der Waals surface area contributed by atoms with Crippen LogP contribution in [-0.2, 0) is 16.0 Å². The maximum Gasteiger partial charge on any atom is 0.303 e. The van der Waals surface area contributed by atoms with Gasteiger partial charge in [-0.05, 0) is 61.6 Å². The lowest BCUT2D eigenvalue weighted by Gasteiger charge is -2.44. The topological polar surface area (TPSA) is 70.1 Å². The number of fused-ring (bicyclic) bond motifs is 1. The van der Waals surface area contributed by atoms with Gasteiger partial charge in [0.2, 0.25) is 5.91 Å². The van der Waals surface area contributed by atoms with Crippen LogP contribution in [0.25, 0.3) is 0 Å². The molecule has 1 N–H and O–H groups in total. The number of amides is 1. The predicted molar refractivity (Wildman–Crippen MR) is 126 cm³/mol. The van der Waals surface area contributed by atoms with Crippen LogP contribution in [0, 0.1) is 10.8 Å². The number of aliphatic carboxylic acids is 1. The van der Waals surface area contributed by atoms with Crippen LogP contribution in [0.5, 0.6) is 5.75 Å². The van der Waals surface area contributed by atoms with E-state index in [1.54, 1.807) is 0 Å². The molecule has 0 aromatic heterocycles. The van der Waals surface area contributed by atoms with Crippen molar-refractivity contribution in [3.8, 4) is 5.75 Å². The van der Waals surface area contributed by atoms with Gasteiger partial charge in [-0.2, -0.15) is 0 Å². The molecule has 1 aromatic rings. The van der Waals surface area contributed by atoms with Gasteiger partial charge < -0.3 is 19.6 Å². The number of aryl methyl sites for hydroxylation is 1. The van der Waals surface area contributed by atoms with Gasteiger partial charge in [-0.15, -0.1) is 0 Å². The maximum absolute atomic E-state index is 12.9. The summed E-state index contributed by atoms with van der Waals surface area (Å²) in [5.41, 5.74) is 1.02. The molecule has 1 spiro atoms. The summed E-state index contributed by atoms with van der Waals surface area (Å²) in [6.45, 7) is 7.89. The van der Waals surface area contributed by atoms with Crippen LogP contribution >= 0.6 is 0 Å². The monoisotopic (exact) mass is 444 g/mol. The highest BCUT2D eigenvalue weighted by Crippen LogP contribution is 2.39. The molecule has 0 atom stereocenters. The summed E-state index contributed by atoms with van der Waals surface area (Å²) in [6, 6.07) is 8.39. The molecular weight excluding hydrogens is 404 g/mol. The van der Waals surface area contributed by atoms with Gasteiger partial charge in [0.05, 0.1) is 6.42 Å². The Kier molecular flexibility index (Phi) is 8.21. The fraction of sp³-hybridized carbons (Fsp3) is 0.692. The van der Waals surface area contributed by atoms with Crippen molar-refractivity contribution in [1.29, 1.82) is 0 Å². The molecule has 1 fully saturated rings. The molecule has 6 nitrogen and oxygen atoms in total. The largest absolute Gasteiger partial charge is 0.492 e. The number of carboxylic acid groups (broad SMARTS) is 1. The normalized spacial score (nSPS) is 20.5. The number of ether oxygens (including phenoxy) is 1. The second kappa shape index (κ2) is 10.7. The van der Waals surface area contributed by atoms with E-state index in [1.807, 2.05) is 24.8 Å². The lowest BCUT2D eigenvalue weighted by atomic mass is 9.73. The highest BCUT2D eigenvalue weighted by molar-refractivity contribution is 5.78. The molecule has 178 valence electrons. The minimum absolute atomic E-state index is 0.0203. The van der Waals surface area contributed by atoms with Crippen molar-refractivity contribution >= 4 is 11.9 Å². The summed E-state index contributed by atoms with van der Waals surface area (Å²) in [4.78, 5) is 28.3. The minimum atomic E-state index is -0.844. The van der Waals surface area contributed by atoms with Gasteiger partial charge in [-0.1, -0.05) is 38.5 Å². The number of hydrogen-bond acceptors (Lipinski definition) is 4. The average Bonchev–Trinajstić information content (AvgIpc) is 2.70. The fourth-order valence-electron chi connectivity index (χ4n) is 5.34. The van der Waals surface area contributed by atoms with Crippen molar-refractivity contribution in [3.05, 3.63) is 29.8 Å². The van der Waals surface area contributed by atoms with Crippen molar-refractivity contribution in [2.75, 3.05) is 39.8 Å². The molecule has 0 radical (unpaired) electrons. The first-order chi connectivity index (χ1) is 15.2. The van der Waals surface area contributed by atoms with Gasteiger partial charge in [0.1, 0.15) is 12.4 Å². The van der Waals surface area contributed by atoms with E-state index < -0.39 is 11.4 Å². The Balaban J connectivity index is 1.59. The molecule has 0 saturated carbocycles. The quantitative estimate of drug-likeness (QED) is 0.753. The zero-order valence-electron chi connectivity index (χ0n) is 20.1. The number of piperidine rings is 1. The third-order valence-electron chi connectivity index (χ3n) is 7.15. The van der Waals surface area contributed by atoms with E-state index >= 15 is 0 Å². The first-order valence-corrected chi connectivity index (χ1v) is 12.1. The molecule has 0 unspecified atom stereocenters. The lowest BCUT2D eigenvalue weighted by molar-refractivity contribution is -0.141. The van der Waals surface area contributed by atoms with Gasteiger partial charge in [0.25, 0.3) is 0 Å². The number of hydrogen-bond donors (Lipinski definition) is 1. The predicted octanol–water partition coefficient (Wildman–Crippen LogP) is 4.22. The van der Waals surface area contributed by atoms with Crippen LogP contribution in [0.4, 0.5) is 0 Å². The van der Waals surface area contributed by atoms with Gasteiger partial charge in [-0.3, -0.25) is 9.59 Å². The number of benzene rings is 1. The number of likely N-dealkylation sites (tertiary alicyclic amines) is 1. The smallest absolute Gasteiger partial charge is 0.303 e. The molecule has 1 amide bonds. The fourth-order valence-corrected chi connectivity index (χ4v) is 5.34. The van der Waals surface area contributed by atoms with Crippen molar-refractivity contribution in [2.24, 2.45) is 10.8 Å². The molecular formula is C26H40N2O4. The number of carbonyl (C=O) groups excluding carboxylic acids is 1. The van der Waals surface area contributed by atoms with E-state index in [1.165, 1.54) is 18.4 Å². The summed E-state index contributed by atoms with van der Waals surface area (Å²) in [7, 11) is 2.18. The Labute approximate surface area is 192 Å². The van der Waals surface area contributed by atoms with Gasteiger partial charge in [0, 0.05) is 32.6 Å². The van der Waals surface area contributed by atoms with Crippen LogP contribution in [0.2, 0.25) is 0 Å². The Morgan fingerprint density at radius 3 is 2.50 bits per heavy atom. The summed E-state index contributed by atoms with van der Waals surface area (Å²) in [5, 5.41) is 9.11. The standard InChI is InChI=1S/C26H40N2O4/c1-25(2,19-24(30)31)18-23(29)28-14-12-26(13-15-28)11-7-6-9-21-8-4-5-10-22(21)32-17-16-27(3)20-26/h4-5,8,10H,6-7,9,11-20H2,1-3H3,(H,30,31). The van der Waals surface area contributed by atoms with Crippen LogP contribution in [0.3, 0.4) is 0 Å². The van der Waals surface area contributed by atoms with Crippen LogP contribution < -0.4 is 4.74 Å². The zero-order valence-corrected chi connectivity index (χ0v) is 20.1. The van der Waals surface area contributed by atoms with Crippen LogP contribution in [0.1, 0.15) is 64.4 Å². The molecule has 6 heteroatoms.